The number of aromatic nitrogens is 4. The molecule has 6 heteroatoms. The maximum absolute atomic E-state index is 12.2. The lowest BCUT2D eigenvalue weighted by molar-refractivity contribution is 0.972. The first-order valence-corrected chi connectivity index (χ1v) is 8.91. The third kappa shape index (κ3) is 3.34. The zero-order valence-corrected chi connectivity index (χ0v) is 14.4. The van der Waals surface area contributed by atoms with Crippen LogP contribution in [0.4, 0.5) is 0 Å². The van der Waals surface area contributed by atoms with E-state index in [0.29, 0.717) is 16.3 Å². The van der Waals surface area contributed by atoms with E-state index in [1.807, 2.05) is 49.4 Å². The van der Waals surface area contributed by atoms with Crippen LogP contribution in [-0.2, 0) is 5.75 Å². The highest BCUT2D eigenvalue weighted by molar-refractivity contribution is 7.98. The molecule has 2 aromatic carbocycles. The molecule has 0 spiro atoms. The smallest absolute Gasteiger partial charge is 0.209 e. The highest BCUT2D eigenvalue weighted by Gasteiger charge is 2.08. The van der Waals surface area contributed by atoms with Gasteiger partial charge in [-0.15, -0.1) is 5.10 Å². The van der Waals surface area contributed by atoms with Crippen molar-refractivity contribution in [2.75, 3.05) is 0 Å². The summed E-state index contributed by atoms with van der Waals surface area (Å²) < 4.78 is 0. The predicted molar refractivity (Wildman–Crippen MR) is 101 cm³/mol. The second-order valence-electron chi connectivity index (χ2n) is 5.83. The van der Waals surface area contributed by atoms with Crippen molar-refractivity contribution in [2.24, 2.45) is 0 Å². The van der Waals surface area contributed by atoms with Crippen molar-refractivity contribution in [3.8, 4) is 11.4 Å². The van der Waals surface area contributed by atoms with Crippen LogP contribution in [0.5, 0.6) is 0 Å². The van der Waals surface area contributed by atoms with Crippen molar-refractivity contribution in [3.05, 3.63) is 76.1 Å². The molecule has 25 heavy (non-hydrogen) atoms. The van der Waals surface area contributed by atoms with E-state index in [-0.39, 0.29) is 5.43 Å². The number of rotatable bonds is 4. The van der Waals surface area contributed by atoms with E-state index in [1.54, 1.807) is 6.07 Å². The Hall–Kier alpha value is -2.86. The van der Waals surface area contributed by atoms with Crippen LogP contribution in [0.25, 0.3) is 22.3 Å². The molecule has 124 valence electrons. The van der Waals surface area contributed by atoms with Crippen molar-refractivity contribution in [2.45, 2.75) is 17.8 Å². The number of aryl methyl sites for hydroxylation is 1. The fraction of sp³-hybridized carbons (Fsp3) is 0.105. The van der Waals surface area contributed by atoms with E-state index in [9.17, 15) is 4.79 Å². The van der Waals surface area contributed by atoms with Crippen molar-refractivity contribution in [1.29, 1.82) is 0 Å². The van der Waals surface area contributed by atoms with Gasteiger partial charge in [0.25, 0.3) is 0 Å². The van der Waals surface area contributed by atoms with Gasteiger partial charge in [-0.3, -0.25) is 9.89 Å². The molecule has 0 bridgehead atoms. The van der Waals surface area contributed by atoms with Gasteiger partial charge in [-0.2, -0.15) is 0 Å². The second kappa shape index (κ2) is 6.57. The number of para-hydroxylation sites is 1. The van der Waals surface area contributed by atoms with E-state index in [4.69, 9.17) is 0 Å². The molecule has 5 nitrogen and oxygen atoms in total. The maximum Gasteiger partial charge on any atom is 0.209 e. The highest BCUT2D eigenvalue weighted by atomic mass is 32.2. The number of fused-ring (bicyclic) bond motifs is 1. The third-order valence-electron chi connectivity index (χ3n) is 3.91. The van der Waals surface area contributed by atoms with E-state index in [1.165, 1.54) is 17.3 Å². The zero-order chi connectivity index (χ0) is 17.2. The van der Waals surface area contributed by atoms with Gasteiger partial charge >= 0.3 is 0 Å². The number of hydrogen-bond donors (Lipinski definition) is 2. The predicted octanol–water partition coefficient (Wildman–Crippen LogP) is 3.91. The number of hydrogen-bond acceptors (Lipinski definition) is 4. The molecule has 4 rings (SSSR count). The SMILES string of the molecule is Cc1cccc(-c2nc(SCc3cc(=O)c4ccccc4[nH]3)n[nH]2)c1. The minimum absolute atomic E-state index is 0.0281. The second-order valence-corrected chi connectivity index (χ2v) is 6.77. The summed E-state index contributed by atoms with van der Waals surface area (Å²) in [5.41, 5.74) is 3.92. The van der Waals surface area contributed by atoms with Crippen LogP contribution in [0.15, 0.2) is 64.5 Å². The van der Waals surface area contributed by atoms with Crippen LogP contribution in [-0.4, -0.2) is 20.2 Å². The molecule has 2 N–H and O–H groups in total. The summed E-state index contributed by atoms with van der Waals surface area (Å²) in [4.78, 5) is 20.0. The van der Waals surface area contributed by atoms with Crippen LogP contribution in [0, 0.1) is 6.92 Å². The largest absolute Gasteiger partial charge is 0.357 e. The molecular weight excluding hydrogens is 332 g/mol. The number of H-pyrrole nitrogens is 2. The molecule has 2 heterocycles. The first kappa shape index (κ1) is 15.7. The van der Waals surface area contributed by atoms with Gasteiger partial charge in [0, 0.05) is 34.0 Å². The molecule has 0 radical (unpaired) electrons. The highest BCUT2D eigenvalue weighted by Crippen LogP contribution is 2.22. The lowest BCUT2D eigenvalue weighted by Gasteiger charge is -2.02. The number of pyridine rings is 1. The fourth-order valence-electron chi connectivity index (χ4n) is 2.70. The molecule has 4 aromatic rings. The van der Waals surface area contributed by atoms with Crippen LogP contribution >= 0.6 is 11.8 Å². The van der Waals surface area contributed by atoms with E-state index in [0.717, 1.165) is 22.6 Å². The molecule has 0 saturated carbocycles. The average Bonchev–Trinajstić information content (AvgIpc) is 3.09. The Morgan fingerprint density at radius 3 is 2.84 bits per heavy atom. The molecule has 0 atom stereocenters. The summed E-state index contributed by atoms with van der Waals surface area (Å²) in [6.45, 7) is 2.05. The van der Waals surface area contributed by atoms with Gasteiger partial charge in [-0.25, -0.2) is 4.98 Å². The molecule has 0 aliphatic carbocycles. The molecule has 0 aliphatic heterocycles. The van der Waals surface area contributed by atoms with Gasteiger partial charge in [-0.1, -0.05) is 47.7 Å². The minimum atomic E-state index is 0.0281. The van der Waals surface area contributed by atoms with E-state index < -0.39 is 0 Å². The molecule has 0 aliphatic rings. The number of aromatic amines is 2. The molecule has 0 fully saturated rings. The van der Waals surface area contributed by atoms with Crippen molar-refractivity contribution in [3.63, 3.8) is 0 Å². The van der Waals surface area contributed by atoms with Crippen LogP contribution in [0.2, 0.25) is 0 Å². The number of thioether (sulfide) groups is 1. The Balaban J connectivity index is 1.53. The summed E-state index contributed by atoms with van der Waals surface area (Å²) in [5.74, 6) is 1.35. The number of nitrogens with one attached hydrogen (secondary N) is 2. The van der Waals surface area contributed by atoms with Crippen LogP contribution < -0.4 is 5.43 Å². The van der Waals surface area contributed by atoms with E-state index in [2.05, 4.69) is 26.2 Å². The van der Waals surface area contributed by atoms with Gasteiger partial charge < -0.3 is 4.98 Å². The third-order valence-corrected chi connectivity index (χ3v) is 4.80. The summed E-state index contributed by atoms with van der Waals surface area (Å²) in [7, 11) is 0. The fourth-order valence-corrected chi connectivity index (χ4v) is 3.41. The Bertz CT molecular complexity index is 1100. The first-order chi connectivity index (χ1) is 12.2. The van der Waals surface area contributed by atoms with Crippen LogP contribution in [0.3, 0.4) is 0 Å². The van der Waals surface area contributed by atoms with E-state index >= 15 is 0 Å². The molecule has 0 unspecified atom stereocenters. The van der Waals surface area contributed by atoms with Crippen molar-refractivity contribution < 1.29 is 0 Å². The van der Waals surface area contributed by atoms with Crippen molar-refractivity contribution in [1.82, 2.24) is 20.2 Å². The zero-order valence-electron chi connectivity index (χ0n) is 13.6. The maximum atomic E-state index is 12.2. The van der Waals surface area contributed by atoms with Gasteiger partial charge in [0.2, 0.25) is 5.16 Å². The van der Waals surface area contributed by atoms with Gasteiger partial charge in [0.05, 0.1) is 0 Å². The molecular formula is C19H16N4OS. The standard InChI is InChI=1S/C19H16N4OS/c1-12-5-4-6-13(9-12)18-21-19(23-22-18)25-11-14-10-17(24)15-7-2-3-8-16(15)20-14/h2-10H,11H2,1H3,(H,20,24)(H,21,22,23). The summed E-state index contributed by atoms with van der Waals surface area (Å²) in [5, 5.41) is 8.59. The Morgan fingerprint density at radius 2 is 1.96 bits per heavy atom. The van der Waals surface area contributed by atoms with Gasteiger partial charge in [0.15, 0.2) is 11.3 Å². The Labute approximate surface area is 148 Å². The van der Waals surface area contributed by atoms with Gasteiger partial charge in [-0.05, 0) is 25.1 Å². The Morgan fingerprint density at radius 1 is 1.08 bits per heavy atom. The quantitative estimate of drug-likeness (QED) is 0.548. The van der Waals surface area contributed by atoms with Crippen LogP contribution in [0.1, 0.15) is 11.3 Å². The minimum Gasteiger partial charge on any atom is -0.357 e. The molecule has 0 saturated heterocycles. The molecule has 2 aromatic heterocycles. The average molecular weight is 348 g/mol. The summed E-state index contributed by atoms with van der Waals surface area (Å²) in [6.07, 6.45) is 0. The topological polar surface area (TPSA) is 74.4 Å². The Kier molecular flexibility index (Phi) is 4.11. The number of nitrogens with zero attached hydrogens (tertiary/aromatic N) is 2. The normalized spacial score (nSPS) is 11.1. The van der Waals surface area contributed by atoms with Crippen molar-refractivity contribution >= 4 is 22.7 Å². The monoisotopic (exact) mass is 348 g/mol. The summed E-state index contributed by atoms with van der Waals surface area (Å²) in [6, 6.07) is 17.3. The first-order valence-electron chi connectivity index (χ1n) is 7.92. The summed E-state index contributed by atoms with van der Waals surface area (Å²) >= 11 is 1.49. The number of benzene rings is 2. The van der Waals surface area contributed by atoms with Gasteiger partial charge in [0.1, 0.15) is 0 Å². The lowest BCUT2D eigenvalue weighted by atomic mass is 10.1. The molecule has 0 amide bonds. The lowest BCUT2D eigenvalue weighted by Crippen LogP contribution is -2.04.